The van der Waals surface area contributed by atoms with Crippen molar-refractivity contribution in [2.45, 2.75) is 41.6 Å². The first-order valence-corrected chi connectivity index (χ1v) is 16.9. The number of rotatable bonds is 12. The first kappa shape index (κ1) is 35.2. The van der Waals surface area contributed by atoms with Crippen molar-refractivity contribution in [3.05, 3.63) is 106 Å². The second-order valence-corrected chi connectivity index (χ2v) is 13.5. The summed E-state index contributed by atoms with van der Waals surface area (Å²) in [5, 5.41) is 8.38. The summed E-state index contributed by atoms with van der Waals surface area (Å²) in [7, 11) is 1.58. The van der Waals surface area contributed by atoms with Crippen LogP contribution in [0.15, 0.2) is 88.3 Å². The largest absolute Gasteiger partial charge is 1.00 e. The molecule has 0 aromatic heterocycles. The summed E-state index contributed by atoms with van der Waals surface area (Å²) in [6.45, 7) is 0.438. The SMILES string of the molecule is COc1ccc(COC(=O)C2=C(Sc3ccccc3CSC(N)=[NH2+])CS[C@@H]3[C@H](NC(=O)Cc4ccc(CN)cc4)C(=O)N23)cc1.[Cl-]. The van der Waals surface area contributed by atoms with Crippen molar-refractivity contribution >= 4 is 58.2 Å². The number of nitrogens with two attached hydrogens (primary N) is 3. The highest BCUT2D eigenvalue weighted by Gasteiger charge is 2.54. The number of benzene rings is 3. The van der Waals surface area contributed by atoms with E-state index in [1.165, 1.54) is 40.2 Å². The van der Waals surface area contributed by atoms with Crippen LogP contribution in [0.5, 0.6) is 5.75 Å². The third kappa shape index (κ3) is 8.39. The Hall–Kier alpha value is -3.62. The number of hydrogen-bond donors (Lipinski definition) is 4. The molecular formula is C32H34ClN5O5S3. The van der Waals surface area contributed by atoms with E-state index in [1.54, 1.807) is 19.2 Å². The minimum absolute atomic E-state index is 0. The summed E-state index contributed by atoms with van der Waals surface area (Å²) in [6, 6.07) is 21.7. The number of amidine groups is 1. The molecule has 14 heteroatoms. The highest BCUT2D eigenvalue weighted by Crippen LogP contribution is 2.46. The van der Waals surface area contributed by atoms with Gasteiger partial charge in [0.15, 0.2) is 0 Å². The Morgan fingerprint density at radius 1 is 1.04 bits per heavy atom. The number of halogens is 1. The van der Waals surface area contributed by atoms with Gasteiger partial charge in [-0.3, -0.25) is 25.6 Å². The molecule has 3 aromatic carbocycles. The molecule has 10 nitrogen and oxygen atoms in total. The van der Waals surface area contributed by atoms with E-state index in [-0.39, 0.29) is 48.1 Å². The molecule has 242 valence electrons. The molecule has 2 aliphatic rings. The Kier molecular flexibility index (Phi) is 12.5. The normalized spacial score (nSPS) is 16.9. The molecule has 2 heterocycles. The number of ether oxygens (including phenoxy) is 2. The van der Waals surface area contributed by atoms with Gasteiger partial charge in [-0.25, -0.2) is 4.79 Å². The molecule has 3 aromatic rings. The number of hydrogen-bond acceptors (Lipinski definition) is 9. The summed E-state index contributed by atoms with van der Waals surface area (Å²) in [5.41, 5.74) is 15.1. The Morgan fingerprint density at radius 2 is 1.72 bits per heavy atom. The lowest BCUT2D eigenvalue weighted by atomic mass is 10.0. The van der Waals surface area contributed by atoms with E-state index in [1.807, 2.05) is 60.7 Å². The number of nitrogens with one attached hydrogen (secondary N) is 1. The summed E-state index contributed by atoms with van der Waals surface area (Å²) in [6.07, 6.45) is 0.124. The number of thioether (sulfide) groups is 3. The maximum atomic E-state index is 13.7. The predicted molar refractivity (Wildman–Crippen MR) is 178 cm³/mol. The van der Waals surface area contributed by atoms with Crippen molar-refractivity contribution in [2.24, 2.45) is 11.5 Å². The quantitative estimate of drug-likeness (QED) is 0.0812. The van der Waals surface area contributed by atoms with E-state index in [0.29, 0.717) is 28.7 Å². The zero-order chi connectivity index (χ0) is 31.9. The van der Waals surface area contributed by atoms with Crippen LogP contribution in [0, 0.1) is 0 Å². The van der Waals surface area contributed by atoms with E-state index in [9.17, 15) is 14.4 Å². The van der Waals surface area contributed by atoms with Gasteiger partial charge in [0, 0.05) is 27.9 Å². The van der Waals surface area contributed by atoms with Gasteiger partial charge < -0.3 is 32.9 Å². The Bertz CT molecular complexity index is 1620. The average molecular weight is 700 g/mol. The van der Waals surface area contributed by atoms with Gasteiger partial charge in [-0.2, -0.15) is 0 Å². The topological polar surface area (TPSA) is 163 Å². The Balaban J connectivity index is 0.00000480. The van der Waals surface area contributed by atoms with Gasteiger partial charge in [0.2, 0.25) is 5.91 Å². The third-order valence-electron chi connectivity index (χ3n) is 7.20. The average Bonchev–Trinajstić information content (AvgIpc) is 3.06. The van der Waals surface area contributed by atoms with Gasteiger partial charge in [-0.15, -0.1) is 11.8 Å². The summed E-state index contributed by atoms with van der Waals surface area (Å²) >= 11 is 4.23. The molecule has 0 spiro atoms. The van der Waals surface area contributed by atoms with Gasteiger partial charge in [0.05, 0.1) is 13.5 Å². The van der Waals surface area contributed by atoms with Gasteiger partial charge in [0.25, 0.3) is 11.1 Å². The van der Waals surface area contributed by atoms with Crippen LogP contribution < -0.4 is 39.3 Å². The number of fused-ring (bicyclic) bond motifs is 1. The van der Waals surface area contributed by atoms with Crippen LogP contribution in [-0.2, 0) is 44.4 Å². The molecular weight excluding hydrogens is 666 g/mol. The predicted octanol–water partition coefficient (Wildman–Crippen LogP) is -0.845. The standard InChI is InChI=1S/C32H33N5O5S3.ClH/c1-41-23-12-10-21(11-13-23)16-42-31(40)28-25(45-24-5-3-2-4-22(24)17-44-32(34)35)18-43-30-27(29(39)37(28)30)36-26(38)14-19-6-8-20(15-33)9-7-19;/h2-13,27,30H,14-18,33H2,1H3,(H3,34,35)(H,36,38);1H/t27-,30-;/m1./s1. The van der Waals surface area contributed by atoms with Gasteiger partial charge >= 0.3 is 5.97 Å². The lowest BCUT2D eigenvalue weighted by Gasteiger charge is -2.49. The van der Waals surface area contributed by atoms with E-state index in [4.69, 9.17) is 26.4 Å². The number of methoxy groups -OCH3 is 1. The summed E-state index contributed by atoms with van der Waals surface area (Å²) < 4.78 is 11.0. The fourth-order valence-electron chi connectivity index (χ4n) is 4.82. The maximum absolute atomic E-state index is 13.7. The van der Waals surface area contributed by atoms with E-state index in [0.717, 1.165) is 27.1 Å². The molecule has 0 aliphatic carbocycles. The van der Waals surface area contributed by atoms with Gasteiger partial charge in [-0.05, 0) is 52.2 Å². The molecule has 0 bridgehead atoms. The maximum Gasteiger partial charge on any atom is 0.356 e. The first-order chi connectivity index (χ1) is 21.8. The summed E-state index contributed by atoms with van der Waals surface area (Å²) in [5.74, 6) is 0.454. The van der Waals surface area contributed by atoms with Gasteiger partial charge in [-0.1, -0.05) is 66.4 Å². The first-order valence-electron chi connectivity index (χ1n) is 14.1. The van der Waals surface area contributed by atoms with Crippen molar-refractivity contribution in [3.63, 3.8) is 0 Å². The molecule has 0 saturated carbocycles. The smallest absolute Gasteiger partial charge is 0.356 e. The fraction of sp³-hybridized carbons (Fsp3) is 0.250. The number of carbonyl (C=O) groups is 3. The molecule has 0 radical (unpaired) electrons. The molecule has 46 heavy (non-hydrogen) atoms. The molecule has 1 saturated heterocycles. The van der Waals surface area contributed by atoms with Crippen molar-refractivity contribution in [1.82, 2.24) is 10.2 Å². The number of esters is 1. The zero-order valence-corrected chi connectivity index (χ0v) is 28.1. The third-order valence-corrected chi connectivity index (χ3v) is 10.6. The molecule has 7 N–H and O–H groups in total. The lowest BCUT2D eigenvalue weighted by molar-refractivity contribution is -0.153. The minimum Gasteiger partial charge on any atom is -1.00 e. The van der Waals surface area contributed by atoms with Crippen molar-refractivity contribution < 1.29 is 41.7 Å². The molecule has 2 atom stereocenters. The van der Waals surface area contributed by atoms with Crippen LogP contribution in [0.25, 0.3) is 0 Å². The molecule has 5 rings (SSSR count). The van der Waals surface area contributed by atoms with Gasteiger partial charge in [0.1, 0.15) is 29.5 Å². The van der Waals surface area contributed by atoms with Crippen LogP contribution in [-0.4, -0.2) is 52.1 Å². The number of carbonyl (C=O) groups excluding carboxylic acids is 3. The van der Waals surface area contributed by atoms with Crippen molar-refractivity contribution in [1.29, 1.82) is 0 Å². The minimum atomic E-state index is -0.756. The summed E-state index contributed by atoms with van der Waals surface area (Å²) in [4.78, 5) is 43.2. The highest BCUT2D eigenvalue weighted by molar-refractivity contribution is 8.12. The van der Waals surface area contributed by atoms with Crippen LogP contribution in [0.2, 0.25) is 0 Å². The Morgan fingerprint density at radius 3 is 2.39 bits per heavy atom. The highest BCUT2D eigenvalue weighted by atomic mass is 35.5. The second-order valence-electron chi connectivity index (χ2n) is 10.2. The van der Waals surface area contributed by atoms with Crippen LogP contribution in [0.3, 0.4) is 0 Å². The zero-order valence-electron chi connectivity index (χ0n) is 24.9. The molecule has 2 amide bonds. The molecule has 0 unspecified atom stereocenters. The fourth-order valence-corrected chi connectivity index (χ4v) is 8.08. The van der Waals surface area contributed by atoms with Crippen molar-refractivity contribution in [3.8, 4) is 5.75 Å². The molecule has 2 aliphatic heterocycles. The second kappa shape index (κ2) is 16.3. The lowest BCUT2D eigenvalue weighted by Crippen LogP contribution is -3.00. The molecule has 1 fully saturated rings. The van der Waals surface area contributed by atoms with E-state index < -0.39 is 17.4 Å². The van der Waals surface area contributed by atoms with E-state index in [2.05, 4.69) is 5.32 Å². The van der Waals surface area contributed by atoms with Crippen molar-refractivity contribution in [2.75, 3.05) is 12.9 Å². The van der Waals surface area contributed by atoms with Crippen LogP contribution in [0.4, 0.5) is 0 Å². The monoisotopic (exact) mass is 699 g/mol. The van der Waals surface area contributed by atoms with E-state index >= 15 is 0 Å². The Labute approximate surface area is 286 Å². The van der Waals surface area contributed by atoms with Crippen LogP contribution >= 0.6 is 35.3 Å². The number of amides is 2. The number of β-lactam (4-membered cyclic amide) rings is 1. The van der Waals surface area contributed by atoms with Crippen LogP contribution in [0.1, 0.15) is 22.3 Å². The number of nitrogens with zero attached hydrogens (tertiary/aromatic N) is 1.